The van der Waals surface area contributed by atoms with Crippen LogP contribution in [-0.4, -0.2) is 24.7 Å². The smallest absolute Gasteiger partial charge is 0.228 e. The Hall–Kier alpha value is -3.53. The van der Waals surface area contributed by atoms with E-state index in [4.69, 9.17) is 9.47 Å². The highest BCUT2D eigenvalue weighted by molar-refractivity contribution is 6.10. The molecular weight excluding hydrogens is 350 g/mol. The Morgan fingerprint density at radius 1 is 0.786 bits per heavy atom. The molecule has 0 saturated heterocycles. The van der Waals surface area contributed by atoms with Gasteiger partial charge in [0, 0.05) is 23.9 Å². The molecule has 3 aromatic carbocycles. The second-order valence-corrected chi connectivity index (χ2v) is 6.53. The van der Waals surface area contributed by atoms with E-state index < -0.39 is 0 Å². The van der Waals surface area contributed by atoms with Crippen LogP contribution in [0.1, 0.15) is 11.7 Å². The van der Waals surface area contributed by atoms with Gasteiger partial charge in [-0.25, -0.2) is 0 Å². The summed E-state index contributed by atoms with van der Waals surface area (Å²) in [6, 6.07) is 23.9. The van der Waals surface area contributed by atoms with Gasteiger partial charge >= 0.3 is 0 Å². The minimum Gasteiger partial charge on any atom is -0.493 e. The molecule has 4 rings (SSSR count). The molecule has 0 amide bonds. The summed E-state index contributed by atoms with van der Waals surface area (Å²) in [6.07, 6.45) is 0. The van der Waals surface area contributed by atoms with Gasteiger partial charge in [0.1, 0.15) is 0 Å². The van der Waals surface area contributed by atoms with Crippen LogP contribution in [0.4, 0.5) is 0 Å². The lowest BCUT2D eigenvalue weighted by molar-refractivity contribution is 0.0943. The quantitative estimate of drug-likeness (QED) is 0.465. The van der Waals surface area contributed by atoms with Crippen LogP contribution < -0.4 is 9.47 Å². The molecule has 140 valence electrons. The lowest BCUT2D eigenvalue weighted by Gasteiger charge is -2.10. The van der Waals surface area contributed by atoms with Gasteiger partial charge in [0.25, 0.3) is 0 Å². The zero-order valence-corrected chi connectivity index (χ0v) is 16.1. The van der Waals surface area contributed by atoms with Crippen molar-refractivity contribution in [3.8, 4) is 33.9 Å². The topological polar surface area (TPSA) is 40.5 Å². The highest BCUT2D eigenvalue weighted by Gasteiger charge is 2.24. The fourth-order valence-electron chi connectivity index (χ4n) is 3.71. The first-order valence-corrected chi connectivity index (χ1v) is 9.08. The van der Waals surface area contributed by atoms with Gasteiger partial charge in [-0.2, -0.15) is 0 Å². The lowest BCUT2D eigenvalue weighted by atomic mass is 9.98. The van der Waals surface area contributed by atoms with Crippen molar-refractivity contribution in [1.82, 2.24) is 4.57 Å². The minimum absolute atomic E-state index is 0.0572. The Morgan fingerprint density at radius 2 is 1.32 bits per heavy atom. The normalized spacial score (nSPS) is 10.8. The summed E-state index contributed by atoms with van der Waals surface area (Å²) < 4.78 is 12.8. The molecule has 4 nitrogen and oxygen atoms in total. The van der Waals surface area contributed by atoms with Crippen molar-refractivity contribution in [2.45, 2.75) is 6.92 Å². The predicted octanol–water partition coefficient (Wildman–Crippen LogP) is 5.65. The molecule has 0 bridgehead atoms. The standard InChI is InChI=1S/C24H21NO3/c1-16(26)25-20-15-22(28-3)21(27-2)14-19(20)23(17-10-6-4-7-11-17)24(25)18-12-8-5-9-13-18/h4-15H,1-3H3. The highest BCUT2D eigenvalue weighted by atomic mass is 16.5. The summed E-state index contributed by atoms with van der Waals surface area (Å²) in [5.41, 5.74) is 4.68. The molecule has 0 aliphatic carbocycles. The number of nitrogens with zero attached hydrogens (tertiary/aromatic N) is 1. The number of benzene rings is 3. The van der Waals surface area contributed by atoms with E-state index in [0.717, 1.165) is 33.3 Å². The number of hydrogen-bond acceptors (Lipinski definition) is 3. The first kappa shape index (κ1) is 17.9. The number of carbonyl (C=O) groups is 1. The molecule has 1 aromatic heterocycles. The fraction of sp³-hybridized carbons (Fsp3) is 0.125. The lowest BCUT2D eigenvalue weighted by Crippen LogP contribution is -2.07. The van der Waals surface area contributed by atoms with Gasteiger partial charge in [-0.1, -0.05) is 60.7 Å². The number of ether oxygens (including phenoxy) is 2. The maximum absolute atomic E-state index is 12.7. The predicted molar refractivity (Wildman–Crippen MR) is 112 cm³/mol. The van der Waals surface area contributed by atoms with E-state index >= 15 is 0 Å². The van der Waals surface area contributed by atoms with Gasteiger partial charge in [0.2, 0.25) is 5.91 Å². The SMILES string of the molecule is COc1cc2c(-c3ccccc3)c(-c3ccccc3)n(C(C)=O)c2cc1OC. The van der Waals surface area contributed by atoms with Crippen LogP contribution in [0, 0.1) is 0 Å². The molecule has 1 heterocycles. The molecule has 0 aliphatic rings. The zero-order chi connectivity index (χ0) is 19.7. The Labute approximate surface area is 163 Å². The van der Waals surface area contributed by atoms with Crippen LogP contribution in [0.5, 0.6) is 11.5 Å². The van der Waals surface area contributed by atoms with Crippen molar-refractivity contribution < 1.29 is 14.3 Å². The number of rotatable bonds is 4. The maximum atomic E-state index is 12.7. The molecule has 4 aromatic rings. The summed E-state index contributed by atoms with van der Waals surface area (Å²) in [4.78, 5) is 12.7. The minimum atomic E-state index is -0.0572. The Kier molecular flexibility index (Phi) is 4.62. The molecule has 0 spiro atoms. The number of aromatic nitrogens is 1. The molecular formula is C24H21NO3. The van der Waals surface area contributed by atoms with Gasteiger partial charge < -0.3 is 9.47 Å². The van der Waals surface area contributed by atoms with Gasteiger partial charge in [0.15, 0.2) is 11.5 Å². The van der Waals surface area contributed by atoms with Crippen molar-refractivity contribution >= 4 is 16.8 Å². The van der Waals surface area contributed by atoms with Gasteiger partial charge in [-0.3, -0.25) is 9.36 Å². The van der Waals surface area contributed by atoms with E-state index in [1.54, 1.807) is 25.7 Å². The zero-order valence-electron chi connectivity index (χ0n) is 16.1. The molecule has 0 unspecified atom stereocenters. The van der Waals surface area contributed by atoms with E-state index in [-0.39, 0.29) is 5.91 Å². The molecule has 0 fully saturated rings. The third kappa shape index (κ3) is 2.83. The Balaban J connectivity index is 2.21. The number of methoxy groups -OCH3 is 2. The summed E-state index contributed by atoms with van der Waals surface area (Å²) in [7, 11) is 3.22. The van der Waals surface area contributed by atoms with Crippen molar-refractivity contribution in [3.63, 3.8) is 0 Å². The monoisotopic (exact) mass is 371 g/mol. The Morgan fingerprint density at radius 3 is 1.86 bits per heavy atom. The van der Waals surface area contributed by atoms with E-state index in [9.17, 15) is 4.79 Å². The Bertz CT molecular complexity index is 1150. The van der Waals surface area contributed by atoms with Crippen LogP contribution >= 0.6 is 0 Å². The fourth-order valence-corrected chi connectivity index (χ4v) is 3.71. The maximum Gasteiger partial charge on any atom is 0.228 e. The van der Waals surface area contributed by atoms with Gasteiger partial charge in [0.05, 0.1) is 25.4 Å². The molecule has 0 radical (unpaired) electrons. The van der Waals surface area contributed by atoms with Gasteiger partial charge in [-0.05, 0) is 17.2 Å². The molecule has 4 heteroatoms. The van der Waals surface area contributed by atoms with E-state index in [0.29, 0.717) is 11.5 Å². The van der Waals surface area contributed by atoms with Crippen molar-refractivity contribution in [3.05, 3.63) is 72.8 Å². The number of hydrogen-bond donors (Lipinski definition) is 0. The average molecular weight is 371 g/mol. The third-order valence-corrected chi connectivity index (χ3v) is 4.90. The molecule has 0 aliphatic heterocycles. The largest absolute Gasteiger partial charge is 0.493 e. The van der Waals surface area contributed by atoms with Crippen LogP contribution in [0.25, 0.3) is 33.3 Å². The van der Waals surface area contributed by atoms with Crippen LogP contribution in [0.15, 0.2) is 72.8 Å². The van der Waals surface area contributed by atoms with E-state index in [1.807, 2.05) is 60.7 Å². The average Bonchev–Trinajstić information content (AvgIpc) is 3.08. The molecule has 0 atom stereocenters. The summed E-state index contributed by atoms with van der Waals surface area (Å²) in [5, 5.41) is 0.943. The molecule has 28 heavy (non-hydrogen) atoms. The summed E-state index contributed by atoms with van der Waals surface area (Å²) in [5.74, 6) is 1.17. The first-order valence-electron chi connectivity index (χ1n) is 9.08. The van der Waals surface area contributed by atoms with E-state index in [1.165, 1.54) is 0 Å². The van der Waals surface area contributed by atoms with Crippen molar-refractivity contribution in [1.29, 1.82) is 0 Å². The molecule has 0 saturated carbocycles. The van der Waals surface area contributed by atoms with E-state index in [2.05, 4.69) is 12.1 Å². The number of fused-ring (bicyclic) bond motifs is 1. The van der Waals surface area contributed by atoms with Gasteiger partial charge in [-0.15, -0.1) is 0 Å². The number of carbonyl (C=O) groups excluding carboxylic acids is 1. The molecule has 0 N–H and O–H groups in total. The van der Waals surface area contributed by atoms with Crippen LogP contribution in [-0.2, 0) is 0 Å². The second-order valence-electron chi connectivity index (χ2n) is 6.53. The van der Waals surface area contributed by atoms with Crippen molar-refractivity contribution in [2.24, 2.45) is 0 Å². The summed E-state index contributed by atoms with van der Waals surface area (Å²) >= 11 is 0. The third-order valence-electron chi connectivity index (χ3n) is 4.90. The van der Waals surface area contributed by atoms with Crippen LogP contribution in [0.3, 0.4) is 0 Å². The van der Waals surface area contributed by atoms with Crippen LogP contribution in [0.2, 0.25) is 0 Å². The first-order chi connectivity index (χ1) is 13.7. The highest BCUT2D eigenvalue weighted by Crippen LogP contribution is 2.44. The summed E-state index contributed by atoms with van der Waals surface area (Å²) in [6.45, 7) is 1.58. The van der Waals surface area contributed by atoms with Crippen molar-refractivity contribution in [2.75, 3.05) is 14.2 Å². The second kappa shape index (κ2) is 7.24.